The number of aromatic amines is 1. The van der Waals surface area contributed by atoms with Crippen molar-refractivity contribution in [3.05, 3.63) is 78.1 Å². The van der Waals surface area contributed by atoms with Crippen LogP contribution in [0.1, 0.15) is 0 Å². The summed E-state index contributed by atoms with van der Waals surface area (Å²) in [6.45, 7) is 0. The maximum atomic E-state index is 14.2. The van der Waals surface area contributed by atoms with Crippen LogP contribution in [-0.2, 0) is 0 Å². The van der Waals surface area contributed by atoms with Crippen LogP contribution in [0.5, 0.6) is 0 Å². The summed E-state index contributed by atoms with van der Waals surface area (Å²) in [6.07, 6.45) is 0. The van der Waals surface area contributed by atoms with Gasteiger partial charge in [-0.2, -0.15) is 0 Å². The smallest absolute Gasteiger partial charge is 0.172 e. The van der Waals surface area contributed by atoms with E-state index in [2.05, 4.69) is 9.97 Å². The Kier molecular flexibility index (Phi) is 3.06. The fourth-order valence-corrected chi connectivity index (χ4v) is 3.49. The Balaban J connectivity index is 1.97. The summed E-state index contributed by atoms with van der Waals surface area (Å²) in [5.74, 6) is -3.26. The van der Waals surface area contributed by atoms with Gasteiger partial charge in [-0.1, -0.05) is 48.5 Å². The van der Waals surface area contributed by atoms with E-state index in [9.17, 15) is 13.2 Å². The number of fused-ring (bicyclic) bond motifs is 6. The molecule has 5 aromatic rings. The highest BCUT2D eigenvalue weighted by molar-refractivity contribution is 6.23. The van der Waals surface area contributed by atoms with Gasteiger partial charge in [-0.25, -0.2) is 18.2 Å². The van der Waals surface area contributed by atoms with Gasteiger partial charge in [-0.15, -0.1) is 0 Å². The quantitative estimate of drug-likeness (QED) is 0.294. The highest BCUT2D eigenvalue weighted by Crippen LogP contribution is 2.36. The van der Waals surface area contributed by atoms with E-state index < -0.39 is 23.0 Å². The van der Waals surface area contributed by atoms with Gasteiger partial charge in [0, 0.05) is 10.8 Å². The zero-order valence-corrected chi connectivity index (χ0v) is 13.4. The molecule has 0 radical (unpaired) electrons. The Bertz CT molecular complexity index is 1250. The van der Waals surface area contributed by atoms with Crippen LogP contribution in [0.4, 0.5) is 13.2 Å². The lowest BCUT2D eigenvalue weighted by Crippen LogP contribution is -1.95. The molecule has 0 amide bonds. The maximum absolute atomic E-state index is 14.2. The molecule has 1 heterocycles. The first-order valence-electron chi connectivity index (χ1n) is 8.08. The van der Waals surface area contributed by atoms with E-state index in [-0.39, 0.29) is 5.82 Å². The summed E-state index contributed by atoms with van der Waals surface area (Å²) in [5, 5.41) is 3.75. The van der Waals surface area contributed by atoms with Crippen LogP contribution in [0.25, 0.3) is 44.0 Å². The van der Waals surface area contributed by atoms with Crippen molar-refractivity contribution < 1.29 is 13.2 Å². The lowest BCUT2D eigenvalue weighted by atomic mass is 10.0. The summed E-state index contributed by atoms with van der Waals surface area (Å²) in [7, 11) is 0. The summed E-state index contributed by atoms with van der Waals surface area (Å²) < 4.78 is 42.1. The topological polar surface area (TPSA) is 28.7 Å². The van der Waals surface area contributed by atoms with Gasteiger partial charge >= 0.3 is 0 Å². The molecule has 5 rings (SSSR count). The number of benzene rings is 4. The minimum absolute atomic E-state index is 0.0315. The van der Waals surface area contributed by atoms with Crippen LogP contribution in [0.2, 0.25) is 0 Å². The van der Waals surface area contributed by atoms with Gasteiger partial charge in [0.1, 0.15) is 11.6 Å². The second-order valence-corrected chi connectivity index (χ2v) is 6.12. The largest absolute Gasteiger partial charge is 0.337 e. The van der Waals surface area contributed by atoms with E-state index in [1.165, 1.54) is 0 Å². The van der Waals surface area contributed by atoms with Crippen molar-refractivity contribution >= 4 is 32.6 Å². The number of halogens is 3. The molecule has 1 aromatic heterocycles. The van der Waals surface area contributed by atoms with E-state index in [1.807, 2.05) is 48.5 Å². The number of hydrogen-bond donors (Lipinski definition) is 1. The number of H-pyrrole nitrogens is 1. The third kappa shape index (κ3) is 1.97. The van der Waals surface area contributed by atoms with Crippen LogP contribution < -0.4 is 0 Å². The number of rotatable bonds is 1. The molecule has 4 aromatic carbocycles. The van der Waals surface area contributed by atoms with Gasteiger partial charge in [0.15, 0.2) is 11.6 Å². The van der Waals surface area contributed by atoms with Crippen molar-refractivity contribution in [3.8, 4) is 11.4 Å². The predicted octanol–water partition coefficient (Wildman–Crippen LogP) is 5.95. The molecule has 0 aliphatic rings. The average molecular weight is 348 g/mol. The number of nitrogens with zero attached hydrogens (tertiary/aromatic N) is 1. The van der Waals surface area contributed by atoms with Crippen LogP contribution in [0, 0.1) is 17.5 Å². The molecule has 0 saturated heterocycles. The average Bonchev–Trinajstić information content (AvgIpc) is 3.11. The second kappa shape index (κ2) is 5.33. The molecular formula is C21H11F3N2. The number of nitrogens with one attached hydrogen (secondary N) is 1. The summed E-state index contributed by atoms with van der Waals surface area (Å²) in [6, 6.07) is 17.1. The first-order valence-corrected chi connectivity index (χ1v) is 8.08. The molecule has 0 fully saturated rings. The van der Waals surface area contributed by atoms with Crippen molar-refractivity contribution in [1.82, 2.24) is 9.97 Å². The van der Waals surface area contributed by atoms with Crippen LogP contribution in [-0.4, -0.2) is 9.97 Å². The molecule has 0 spiro atoms. The van der Waals surface area contributed by atoms with Crippen molar-refractivity contribution in [2.75, 3.05) is 0 Å². The van der Waals surface area contributed by atoms with E-state index >= 15 is 0 Å². The SMILES string of the molecule is Fc1ccc(F)c(-c2nc3c4ccccc4c4ccccc4c3[nH]2)c1F. The summed E-state index contributed by atoms with van der Waals surface area (Å²) in [5.41, 5.74) is 0.768. The third-order valence-corrected chi connectivity index (χ3v) is 4.65. The van der Waals surface area contributed by atoms with Crippen molar-refractivity contribution in [3.63, 3.8) is 0 Å². The second-order valence-electron chi connectivity index (χ2n) is 6.12. The first-order chi connectivity index (χ1) is 12.6. The Labute approximate surface area is 145 Å². The van der Waals surface area contributed by atoms with Crippen LogP contribution in [0.3, 0.4) is 0 Å². The zero-order valence-electron chi connectivity index (χ0n) is 13.4. The molecule has 2 nitrogen and oxygen atoms in total. The van der Waals surface area contributed by atoms with E-state index in [0.29, 0.717) is 11.0 Å². The van der Waals surface area contributed by atoms with Crippen LogP contribution in [0.15, 0.2) is 60.7 Å². The molecular weight excluding hydrogens is 337 g/mol. The third-order valence-electron chi connectivity index (χ3n) is 4.65. The van der Waals surface area contributed by atoms with Gasteiger partial charge in [0.2, 0.25) is 0 Å². The molecule has 1 N–H and O–H groups in total. The molecule has 0 aliphatic heterocycles. The first kappa shape index (κ1) is 15.0. The molecule has 0 saturated carbocycles. The van der Waals surface area contributed by atoms with Gasteiger partial charge in [-0.3, -0.25) is 0 Å². The fraction of sp³-hybridized carbons (Fsp3) is 0. The molecule has 0 atom stereocenters. The molecule has 26 heavy (non-hydrogen) atoms. The lowest BCUT2D eigenvalue weighted by molar-refractivity contribution is 0.498. The Morgan fingerprint density at radius 1 is 0.654 bits per heavy atom. The van der Waals surface area contributed by atoms with Crippen molar-refractivity contribution in [2.45, 2.75) is 0 Å². The summed E-state index contributed by atoms with van der Waals surface area (Å²) in [4.78, 5) is 7.42. The zero-order chi connectivity index (χ0) is 17.8. The van der Waals surface area contributed by atoms with Gasteiger partial charge in [0.05, 0.1) is 16.6 Å². The number of hydrogen-bond acceptors (Lipinski definition) is 1. The molecule has 5 heteroatoms. The fourth-order valence-electron chi connectivity index (χ4n) is 3.49. The Hall–Kier alpha value is -3.34. The van der Waals surface area contributed by atoms with Gasteiger partial charge in [0.25, 0.3) is 0 Å². The number of aromatic nitrogens is 2. The Morgan fingerprint density at radius 3 is 1.96 bits per heavy atom. The number of imidazole rings is 1. The van der Waals surface area contributed by atoms with E-state index in [4.69, 9.17) is 0 Å². The van der Waals surface area contributed by atoms with E-state index in [0.717, 1.165) is 33.7 Å². The lowest BCUT2D eigenvalue weighted by Gasteiger charge is -2.05. The summed E-state index contributed by atoms with van der Waals surface area (Å²) >= 11 is 0. The van der Waals surface area contributed by atoms with E-state index in [1.54, 1.807) is 0 Å². The van der Waals surface area contributed by atoms with Gasteiger partial charge in [-0.05, 0) is 22.9 Å². The maximum Gasteiger partial charge on any atom is 0.172 e. The molecule has 0 unspecified atom stereocenters. The van der Waals surface area contributed by atoms with Crippen molar-refractivity contribution in [2.24, 2.45) is 0 Å². The Morgan fingerprint density at radius 2 is 1.23 bits per heavy atom. The van der Waals surface area contributed by atoms with Crippen molar-refractivity contribution in [1.29, 1.82) is 0 Å². The van der Waals surface area contributed by atoms with Crippen LogP contribution >= 0.6 is 0 Å². The highest BCUT2D eigenvalue weighted by Gasteiger charge is 2.20. The molecule has 0 bridgehead atoms. The minimum Gasteiger partial charge on any atom is -0.337 e. The monoisotopic (exact) mass is 348 g/mol. The molecule has 0 aliphatic carbocycles. The normalized spacial score (nSPS) is 11.7. The molecule has 126 valence electrons. The standard InChI is InChI=1S/C21H11F3N2/c22-15-9-10-16(23)18(24)17(15)21-25-19-13-7-3-1-5-11(13)12-6-2-4-8-14(12)20(19)26-21/h1-10H,(H,25,26). The van der Waals surface area contributed by atoms with Gasteiger partial charge < -0.3 is 4.98 Å². The minimum atomic E-state index is -1.25. The highest BCUT2D eigenvalue weighted by atomic mass is 19.2. The predicted molar refractivity (Wildman–Crippen MR) is 96.4 cm³/mol.